The third kappa shape index (κ3) is 5.66. The number of fused-ring (bicyclic) bond motifs is 1. The quantitative estimate of drug-likeness (QED) is 0.411. The van der Waals surface area contributed by atoms with E-state index in [1.165, 1.54) is 15.1 Å². The van der Waals surface area contributed by atoms with Gasteiger partial charge in [0, 0.05) is 61.9 Å². The van der Waals surface area contributed by atoms with Crippen LogP contribution in [0.2, 0.25) is 0 Å². The monoisotopic (exact) mass is 658 g/mol. The summed E-state index contributed by atoms with van der Waals surface area (Å²) in [7, 11) is 1.56. The molecule has 1 spiro atoms. The molecule has 13 heteroatoms. The van der Waals surface area contributed by atoms with Crippen molar-refractivity contribution in [2.24, 2.45) is 18.4 Å². The van der Waals surface area contributed by atoms with Crippen LogP contribution in [-0.4, -0.2) is 92.6 Å². The van der Waals surface area contributed by atoms with Crippen molar-refractivity contribution in [1.82, 2.24) is 40.3 Å². The summed E-state index contributed by atoms with van der Waals surface area (Å²) in [6.45, 7) is 5.95. The van der Waals surface area contributed by atoms with Crippen LogP contribution in [0.5, 0.6) is 0 Å². The van der Waals surface area contributed by atoms with Crippen LogP contribution in [0.4, 0.5) is 0 Å². The van der Waals surface area contributed by atoms with E-state index < -0.39 is 5.76 Å². The Morgan fingerprint density at radius 2 is 1.89 bits per heavy atom. The van der Waals surface area contributed by atoms with Crippen LogP contribution in [0, 0.1) is 18.3 Å². The molecule has 0 bridgehead atoms. The van der Waals surface area contributed by atoms with E-state index in [1.54, 1.807) is 18.4 Å². The molecule has 5 atom stereocenters. The van der Waals surface area contributed by atoms with Gasteiger partial charge in [-0.1, -0.05) is 18.2 Å². The molecule has 1 aromatic carbocycles. The molecule has 4 aliphatic heterocycles. The summed E-state index contributed by atoms with van der Waals surface area (Å²) in [4.78, 5) is 51.1. The molecule has 248 valence electrons. The van der Waals surface area contributed by atoms with Crippen molar-refractivity contribution < 1.29 is 14.0 Å². The molecule has 6 heterocycles. The van der Waals surface area contributed by atoms with E-state index in [-0.39, 0.29) is 23.4 Å². The van der Waals surface area contributed by atoms with Gasteiger partial charge in [-0.25, -0.2) is 15.2 Å². The molecule has 5 aliphatic rings. The Morgan fingerprint density at radius 1 is 1.09 bits per heavy atom. The smallest absolute Gasteiger partial charge is 0.388 e. The predicted octanol–water partition coefficient (Wildman–Crippen LogP) is 2.73. The van der Waals surface area contributed by atoms with Gasteiger partial charge in [0.05, 0.1) is 23.0 Å². The van der Waals surface area contributed by atoms with E-state index in [4.69, 9.17) is 4.42 Å². The fraction of sp³-hybridized carbons (Fsp3) is 0.559. The topological polar surface area (TPSA) is 129 Å². The lowest BCUT2D eigenvalue weighted by Gasteiger charge is -2.38. The zero-order chi connectivity index (χ0) is 32.3. The lowest BCUT2D eigenvalue weighted by atomic mass is 9.78. The number of carbonyl (C=O) groups excluding carboxylic acids is 2. The standard InChI is InChI=1S/C34H42N8O4S/c1-21-35-18-28(47-21)30-26-17-25(7-8-27(26)36-37-30)42-16-12-34(32(42)44)11-15-40(20-34)19-29(43)41-13-9-23(10-14-41)22-3-5-24(6-4-22)31-38-39(2)33(45)46-31/h3-6,9,18,25-27,30,36-37H,7-8,10-17,19-20H2,1-2H3/t25?,26?,27?,30?,34-/m0/s1. The highest BCUT2D eigenvalue weighted by atomic mass is 32.1. The lowest BCUT2D eigenvalue weighted by Crippen LogP contribution is -2.47. The van der Waals surface area contributed by atoms with Gasteiger partial charge < -0.3 is 14.2 Å². The van der Waals surface area contributed by atoms with E-state index in [2.05, 4.69) is 43.7 Å². The molecule has 1 aliphatic carbocycles. The fourth-order valence-corrected chi connectivity index (χ4v) is 9.44. The number of hydrazine groups is 1. The second-order valence-corrected chi connectivity index (χ2v) is 15.2. The van der Waals surface area contributed by atoms with Gasteiger partial charge in [0.2, 0.25) is 17.7 Å². The number of benzene rings is 1. The summed E-state index contributed by atoms with van der Waals surface area (Å²) in [5, 5.41) is 5.20. The van der Waals surface area contributed by atoms with Crippen molar-refractivity contribution >= 4 is 28.7 Å². The molecule has 3 saturated heterocycles. The minimum atomic E-state index is -0.487. The zero-order valence-electron chi connectivity index (χ0n) is 27.0. The van der Waals surface area contributed by atoms with Gasteiger partial charge in [0.25, 0.3) is 0 Å². The van der Waals surface area contributed by atoms with Gasteiger partial charge in [0.15, 0.2) is 0 Å². The second kappa shape index (κ2) is 12.1. The van der Waals surface area contributed by atoms with Crippen LogP contribution in [0.1, 0.15) is 60.0 Å². The summed E-state index contributed by atoms with van der Waals surface area (Å²) in [5.41, 5.74) is 9.74. The van der Waals surface area contributed by atoms with Gasteiger partial charge >= 0.3 is 5.76 Å². The first-order chi connectivity index (χ1) is 22.8. The van der Waals surface area contributed by atoms with Crippen LogP contribution >= 0.6 is 11.3 Å². The van der Waals surface area contributed by atoms with Gasteiger partial charge in [-0.05, 0) is 81.2 Å². The average molecular weight is 659 g/mol. The molecule has 2 amide bonds. The minimum Gasteiger partial charge on any atom is -0.388 e. The number of rotatable bonds is 6. The predicted molar refractivity (Wildman–Crippen MR) is 177 cm³/mol. The number of hydrogen-bond acceptors (Lipinski definition) is 10. The van der Waals surface area contributed by atoms with E-state index in [9.17, 15) is 14.4 Å². The molecule has 4 fully saturated rings. The lowest BCUT2D eigenvalue weighted by molar-refractivity contribution is -0.139. The SMILES string of the molecule is Cc1ncc(C2NNC3CCC(N4CC[C@]5(CCN(CC(=O)N6CC=C(c7ccc(-c8nn(C)c(=O)o8)cc7)CC6)C5)C4=O)CC32)s1. The normalized spacial score (nSPS) is 29.6. The van der Waals surface area contributed by atoms with Gasteiger partial charge in [-0.2, -0.15) is 4.68 Å². The molecule has 1 saturated carbocycles. The Bertz CT molecular complexity index is 1760. The molecular formula is C34H42N8O4S. The van der Waals surface area contributed by atoms with E-state index in [1.807, 2.05) is 35.4 Å². The molecule has 0 radical (unpaired) electrons. The number of nitrogens with zero attached hydrogens (tertiary/aromatic N) is 6. The second-order valence-electron chi connectivity index (χ2n) is 14.0. The number of aromatic nitrogens is 3. The Kier molecular flexibility index (Phi) is 7.90. The van der Waals surface area contributed by atoms with Crippen molar-refractivity contribution in [3.05, 3.63) is 62.5 Å². The Morgan fingerprint density at radius 3 is 2.62 bits per heavy atom. The minimum absolute atomic E-state index is 0.129. The summed E-state index contributed by atoms with van der Waals surface area (Å²) in [6.07, 6.45) is 9.74. The van der Waals surface area contributed by atoms with Gasteiger partial charge in [-0.15, -0.1) is 16.4 Å². The first-order valence-electron chi connectivity index (χ1n) is 16.8. The maximum Gasteiger partial charge on any atom is 0.437 e. The molecule has 4 unspecified atom stereocenters. The third-order valence-corrected chi connectivity index (χ3v) is 12.2. The number of likely N-dealkylation sites (tertiary alicyclic amines) is 2. The van der Waals surface area contributed by atoms with Crippen LogP contribution in [0.25, 0.3) is 17.0 Å². The molecule has 3 aromatic rings. The highest BCUT2D eigenvalue weighted by molar-refractivity contribution is 7.11. The van der Waals surface area contributed by atoms with Crippen molar-refractivity contribution in [2.45, 2.75) is 63.6 Å². The summed E-state index contributed by atoms with van der Waals surface area (Å²) >= 11 is 1.76. The number of amides is 2. The van der Waals surface area contributed by atoms with Crippen molar-refractivity contribution in [3.63, 3.8) is 0 Å². The maximum atomic E-state index is 14.0. The molecular weight excluding hydrogens is 616 g/mol. The van der Waals surface area contributed by atoms with E-state index >= 15 is 0 Å². The van der Waals surface area contributed by atoms with Gasteiger partial charge in [-0.3, -0.25) is 19.9 Å². The van der Waals surface area contributed by atoms with Crippen LogP contribution in [0.15, 0.2) is 45.8 Å². The van der Waals surface area contributed by atoms with Gasteiger partial charge in [0.1, 0.15) is 0 Å². The maximum absolute atomic E-state index is 14.0. The van der Waals surface area contributed by atoms with Crippen LogP contribution in [-0.2, 0) is 16.6 Å². The summed E-state index contributed by atoms with van der Waals surface area (Å²) < 4.78 is 6.37. The Labute approximate surface area is 277 Å². The highest BCUT2D eigenvalue weighted by Crippen LogP contribution is 2.46. The molecule has 12 nitrogen and oxygen atoms in total. The Balaban J connectivity index is 0.848. The largest absolute Gasteiger partial charge is 0.437 e. The number of carbonyl (C=O) groups is 2. The van der Waals surface area contributed by atoms with E-state index in [0.29, 0.717) is 49.9 Å². The summed E-state index contributed by atoms with van der Waals surface area (Å²) in [6, 6.07) is 8.78. The molecule has 2 N–H and O–H groups in total. The van der Waals surface area contributed by atoms with Crippen molar-refractivity contribution in [1.29, 1.82) is 0 Å². The molecule has 2 aromatic heterocycles. The third-order valence-electron chi connectivity index (χ3n) is 11.2. The molecule has 47 heavy (non-hydrogen) atoms. The van der Waals surface area contributed by atoms with Crippen LogP contribution in [0.3, 0.4) is 0 Å². The molecule has 8 rings (SSSR count). The first-order valence-corrected chi connectivity index (χ1v) is 17.7. The summed E-state index contributed by atoms with van der Waals surface area (Å²) in [5.74, 6) is 0.700. The highest BCUT2D eigenvalue weighted by Gasteiger charge is 2.54. The first kappa shape index (κ1) is 30.7. The number of hydrogen-bond donors (Lipinski definition) is 2. The zero-order valence-corrected chi connectivity index (χ0v) is 27.8. The fourth-order valence-electron chi connectivity index (χ4n) is 8.53. The van der Waals surface area contributed by atoms with Crippen molar-refractivity contribution in [2.75, 3.05) is 39.3 Å². The van der Waals surface area contributed by atoms with Crippen molar-refractivity contribution in [3.8, 4) is 11.5 Å². The Hall–Kier alpha value is -3.65. The van der Waals surface area contributed by atoms with Crippen LogP contribution < -0.4 is 16.6 Å². The number of aryl methyl sites for hydroxylation is 2. The van der Waals surface area contributed by atoms with E-state index in [0.717, 1.165) is 67.7 Å². The number of nitrogens with one attached hydrogen (secondary N) is 2. The number of thiazole rings is 1. The average Bonchev–Trinajstić information content (AvgIpc) is 3.92.